The normalized spacial score (nSPS) is 19.8. The van der Waals surface area contributed by atoms with Gasteiger partial charge in [-0.3, -0.25) is 0 Å². The molecule has 3 heterocycles. The van der Waals surface area contributed by atoms with Gasteiger partial charge in [0.25, 0.3) is 0 Å². The van der Waals surface area contributed by atoms with Crippen LogP contribution < -0.4 is 20.9 Å². The first-order valence-corrected chi connectivity index (χ1v) is 15.1. The van der Waals surface area contributed by atoms with Gasteiger partial charge < -0.3 is 40.5 Å². The summed E-state index contributed by atoms with van der Waals surface area (Å²) in [6, 6.07) is 7.32. The molecule has 4 N–H and O–H groups in total. The number of aromatic nitrogens is 2. The van der Waals surface area contributed by atoms with Crippen molar-refractivity contribution in [1.29, 1.82) is 5.41 Å². The van der Waals surface area contributed by atoms with Crippen LogP contribution in [0.15, 0.2) is 36.2 Å². The number of carbonyl (C=O) groups is 1. The summed E-state index contributed by atoms with van der Waals surface area (Å²) >= 11 is 0. The van der Waals surface area contributed by atoms with Crippen molar-refractivity contribution in [3.8, 4) is 11.4 Å². The van der Waals surface area contributed by atoms with Gasteiger partial charge in [-0.2, -0.15) is 0 Å². The molecular formula is C31H51N7O4. The van der Waals surface area contributed by atoms with Crippen molar-refractivity contribution in [1.82, 2.24) is 15.3 Å². The standard InChI is InChI=1S/C29H39N7O4.C2H6.3H2/c1-31-28(37)33-21-9-7-20(8-10-21)25-34-26(32-22-11-13-29(14-12-22)39-16-17-40-29)24(18-30)27(35-25)36-15-5-3-4-6-23(19-36)38-2;1-2;;;/h7-10,18-19,22,30H,3-6,11-17H2,1-2H3,(H2,31,33,37)(H,32,34,35);1-2H3;3*1H/b23-19+,30-18?;;;;. The number of rotatable bonds is 7. The van der Waals surface area contributed by atoms with E-state index in [1.807, 2.05) is 44.3 Å². The highest BCUT2D eigenvalue weighted by atomic mass is 16.7. The van der Waals surface area contributed by atoms with E-state index in [0.717, 1.165) is 69.2 Å². The fourth-order valence-corrected chi connectivity index (χ4v) is 5.51. The Balaban J connectivity index is 0.00000199. The molecule has 1 saturated heterocycles. The summed E-state index contributed by atoms with van der Waals surface area (Å²) in [5, 5.41) is 17.3. The number of methoxy groups -OCH3 is 1. The summed E-state index contributed by atoms with van der Waals surface area (Å²) in [4.78, 5) is 23.7. The largest absolute Gasteiger partial charge is 0.500 e. The minimum absolute atomic E-state index is 0. The molecule has 2 amide bonds. The van der Waals surface area contributed by atoms with Crippen LogP contribution in [0.2, 0.25) is 0 Å². The van der Waals surface area contributed by atoms with Gasteiger partial charge in [-0.05, 0) is 49.9 Å². The zero-order chi connectivity index (χ0) is 30.0. The molecule has 1 aliphatic carbocycles. The van der Waals surface area contributed by atoms with Crippen LogP contribution in [0.5, 0.6) is 0 Å². The third-order valence-corrected chi connectivity index (χ3v) is 7.76. The number of urea groups is 1. The lowest BCUT2D eigenvalue weighted by Crippen LogP contribution is -2.39. The zero-order valence-corrected chi connectivity index (χ0v) is 25.3. The molecule has 42 heavy (non-hydrogen) atoms. The molecule has 11 nitrogen and oxygen atoms in total. The second-order valence-corrected chi connectivity index (χ2v) is 10.4. The molecule has 3 aliphatic rings. The summed E-state index contributed by atoms with van der Waals surface area (Å²) in [6.45, 7) is 6.07. The molecule has 0 radical (unpaired) electrons. The Hall–Kier alpha value is -3.70. The molecule has 2 aliphatic heterocycles. The van der Waals surface area contributed by atoms with Crippen molar-refractivity contribution in [2.75, 3.05) is 49.4 Å². The molecular weight excluding hydrogens is 534 g/mol. The Morgan fingerprint density at radius 3 is 2.48 bits per heavy atom. The maximum atomic E-state index is 11.7. The predicted molar refractivity (Wildman–Crippen MR) is 173 cm³/mol. The number of carbonyl (C=O) groups excluding carboxylic acids is 1. The lowest BCUT2D eigenvalue weighted by atomic mass is 9.90. The van der Waals surface area contributed by atoms with E-state index in [0.29, 0.717) is 41.9 Å². The zero-order valence-electron chi connectivity index (χ0n) is 25.3. The van der Waals surface area contributed by atoms with Gasteiger partial charge in [-0.1, -0.05) is 20.3 Å². The molecule has 1 aromatic carbocycles. The highest BCUT2D eigenvalue weighted by Crippen LogP contribution is 2.38. The van der Waals surface area contributed by atoms with E-state index in [9.17, 15) is 4.79 Å². The summed E-state index contributed by atoms with van der Waals surface area (Å²) < 4.78 is 17.5. The summed E-state index contributed by atoms with van der Waals surface area (Å²) in [5.74, 6) is 2.29. The van der Waals surface area contributed by atoms with E-state index in [-0.39, 0.29) is 16.4 Å². The third kappa shape index (κ3) is 7.57. The maximum absolute atomic E-state index is 11.7. The number of hydrogen-bond acceptors (Lipinski definition) is 9. The van der Waals surface area contributed by atoms with Crippen LogP contribution in [-0.2, 0) is 14.2 Å². The first-order chi connectivity index (χ1) is 20.5. The average Bonchev–Trinajstić information content (AvgIpc) is 3.47. The second kappa shape index (κ2) is 15.0. The Morgan fingerprint density at radius 2 is 1.83 bits per heavy atom. The molecule has 2 aromatic rings. The number of allylic oxidation sites excluding steroid dienone is 1. The minimum atomic E-state index is -0.444. The van der Waals surface area contributed by atoms with Gasteiger partial charge in [0.2, 0.25) is 0 Å². The number of amides is 2. The molecule has 234 valence electrons. The highest BCUT2D eigenvalue weighted by molar-refractivity contribution is 5.92. The van der Waals surface area contributed by atoms with Crippen molar-refractivity contribution in [3.05, 3.63) is 41.8 Å². The third-order valence-electron chi connectivity index (χ3n) is 7.76. The summed E-state index contributed by atoms with van der Waals surface area (Å²) in [5.41, 5.74) is 2.12. The first kappa shape index (κ1) is 31.2. The van der Waals surface area contributed by atoms with E-state index in [2.05, 4.69) is 20.9 Å². The van der Waals surface area contributed by atoms with Crippen molar-refractivity contribution in [2.45, 2.75) is 77.0 Å². The maximum Gasteiger partial charge on any atom is 0.318 e. The van der Waals surface area contributed by atoms with Crippen LogP contribution in [0.4, 0.5) is 22.1 Å². The SMILES string of the molecule is CC.CNC(=O)Nc1ccc(-c2nc(NC3CCC4(CC3)OCCO4)c(C=N)c(N3/C=C(/OC)CCCCC3)n2)cc1.[HH].[HH].[HH]. The molecule has 5 rings (SSSR count). The van der Waals surface area contributed by atoms with Crippen molar-refractivity contribution < 1.29 is 23.3 Å². The summed E-state index contributed by atoms with van der Waals surface area (Å²) in [6.07, 6.45) is 10.8. The molecule has 1 saturated carbocycles. The lowest BCUT2D eigenvalue weighted by Gasteiger charge is -2.36. The highest BCUT2D eigenvalue weighted by Gasteiger charge is 2.40. The van der Waals surface area contributed by atoms with Gasteiger partial charge in [-0.25, -0.2) is 14.8 Å². The van der Waals surface area contributed by atoms with Crippen LogP contribution in [0.3, 0.4) is 0 Å². The van der Waals surface area contributed by atoms with Gasteiger partial charge in [0.15, 0.2) is 11.6 Å². The number of ether oxygens (including phenoxy) is 3. The first-order valence-electron chi connectivity index (χ1n) is 15.1. The van der Waals surface area contributed by atoms with Crippen LogP contribution in [0.1, 0.15) is 75.1 Å². The van der Waals surface area contributed by atoms with E-state index in [4.69, 9.17) is 29.6 Å². The molecule has 1 spiro atoms. The fraction of sp³-hybridized carbons (Fsp3) is 0.548. The Labute approximate surface area is 253 Å². The smallest absolute Gasteiger partial charge is 0.318 e. The predicted octanol–water partition coefficient (Wildman–Crippen LogP) is 6.62. The van der Waals surface area contributed by atoms with Gasteiger partial charge in [0.05, 0.1) is 25.9 Å². The van der Waals surface area contributed by atoms with Crippen molar-refractivity contribution in [2.24, 2.45) is 0 Å². The number of nitrogens with one attached hydrogen (secondary N) is 4. The van der Waals surface area contributed by atoms with Crippen LogP contribution in [0, 0.1) is 5.41 Å². The van der Waals surface area contributed by atoms with Crippen LogP contribution in [-0.4, -0.2) is 68.0 Å². The van der Waals surface area contributed by atoms with Gasteiger partial charge in [-0.15, -0.1) is 0 Å². The summed E-state index contributed by atoms with van der Waals surface area (Å²) in [7, 11) is 3.27. The van der Waals surface area contributed by atoms with Crippen LogP contribution >= 0.6 is 0 Å². The van der Waals surface area contributed by atoms with E-state index >= 15 is 0 Å². The quantitative estimate of drug-likeness (QED) is 0.266. The van der Waals surface area contributed by atoms with E-state index in [1.54, 1.807) is 14.2 Å². The molecule has 0 atom stereocenters. The second-order valence-electron chi connectivity index (χ2n) is 10.4. The Morgan fingerprint density at radius 1 is 1.12 bits per heavy atom. The molecule has 0 bridgehead atoms. The number of nitrogens with zero attached hydrogens (tertiary/aromatic N) is 3. The Kier molecular flexibility index (Phi) is 11.1. The Bertz CT molecular complexity index is 1230. The van der Waals surface area contributed by atoms with Crippen molar-refractivity contribution in [3.63, 3.8) is 0 Å². The topological polar surface area (TPSA) is 134 Å². The van der Waals surface area contributed by atoms with Gasteiger partial charge >= 0.3 is 6.03 Å². The lowest BCUT2D eigenvalue weighted by molar-refractivity contribution is -0.177. The number of anilines is 3. The van der Waals surface area contributed by atoms with Crippen molar-refractivity contribution >= 4 is 29.6 Å². The van der Waals surface area contributed by atoms with E-state index < -0.39 is 5.79 Å². The van der Waals surface area contributed by atoms with Crippen LogP contribution in [0.25, 0.3) is 11.4 Å². The monoisotopic (exact) mass is 585 g/mol. The molecule has 1 aromatic heterocycles. The van der Waals surface area contributed by atoms with Gasteiger partial charge in [0.1, 0.15) is 17.4 Å². The fourth-order valence-electron chi connectivity index (χ4n) is 5.51. The molecule has 11 heteroatoms. The van der Waals surface area contributed by atoms with E-state index in [1.165, 1.54) is 6.21 Å². The number of hydrogen-bond donors (Lipinski definition) is 4. The van der Waals surface area contributed by atoms with Gasteiger partial charge in [0, 0.05) is 66.8 Å². The molecule has 2 fully saturated rings. The molecule has 0 unspecified atom stereocenters. The minimum Gasteiger partial charge on any atom is -0.500 e. The average molecular weight is 586 g/mol. The number of benzene rings is 1.